The van der Waals surface area contributed by atoms with Gasteiger partial charge in [-0.05, 0) is 60.2 Å². The Labute approximate surface area is 167 Å². The number of allylic oxidation sites excluding steroid dienone is 1. The molecule has 0 saturated heterocycles. The summed E-state index contributed by atoms with van der Waals surface area (Å²) in [6, 6.07) is 28.0. The fourth-order valence-electron chi connectivity index (χ4n) is 3.82. The summed E-state index contributed by atoms with van der Waals surface area (Å²) in [6.45, 7) is 6.83. The van der Waals surface area contributed by atoms with Gasteiger partial charge >= 0.3 is 0 Å². The van der Waals surface area contributed by atoms with E-state index in [2.05, 4.69) is 116 Å². The van der Waals surface area contributed by atoms with Crippen LogP contribution < -0.4 is 0 Å². The third-order valence-corrected chi connectivity index (χ3v) is 5.01. The van der Waals surface area contributed by atoms with Gasteiger partial charge in [-0.3, -0.25) is 0 Å². The highest BCUT2D eigenvalue weighted by atomic mass is 15.1. The summed E-state index contributed by atoms with van der Waals surface area (Å²) in [7, 11) is 0. The summed E-state index contributed by atoms with van der Waals surface area (Å²) in [4.78, 5) is 0. The first-order valence-electron chi connectivity index (χ1n) is 9.85. The van der Waals surface area contributed by atoms with Gasteiger partial charge in [-0.25, -0.2) is 0 Å². The van der Waals surface area contributed by atoms with Crippen LogP contribution in [0, 0.1) is 0 Å². The van der Waals surface area contributed by atoms with E-state index in [0.717, 1.165) is 0 Å². The quantitative estimate of drug-likeness (QED) is 0.439. The second-order valence-electron chi connectivity index (χ2n) is 8.30. The number of benzene rings is 3. The van der Waals surface area contributed by atoms with Gasteiger partial charge in [0.1, 0.15) is 0 Å². The van der Waals surface area contributed by atoms with Crippen LogP contribution in [0.3, 0.4) is 0 Å². The second-order valence-corrected chi connectivity index (χ2v) is 8.30. The van der Waals surface area contributed by atoms with Gasteiger partial charge in [0.2, 0.25) is 0 Å². The lowest BCUT2D eigenvalue weighted by Gasteiger charge is -2.21. The SMILES string of the molecule is CC(C)(C)N=NCc1ccccc1C1C(c2ccccc2)=Cc2ccccc21. The maximum absolute atomic E-state index is 4.50. The van der Waals surface area contributed by atoms with E-state index in [-0.39, 0.29) is 11.5 Å². The van der Waals surface area contributed by atoms with Crippen LogP contribution in [0.15, 0.2) is 89.1 Å². The maximum atomic E-state index is 4.50. The Kier molecular flexibility index (Phi) is 4.95. The lowest BCUT2D eigenvalue weighted by atomic mass is 9.83. The molecule has 4 rings (SSSR count). The Hall–Kier alpha value is -3.00. The molecule has 28 heavy (non-hydrogen) atoms. The fraction of sp³-hybridized carbons (Fsp3) is 0.231. The minimum Gasteiger partial charge on any atom is -0.189 e. The molecule has 1 aliphatic rings. The summed E-state index contributed by atoms with van der Waals surface area (Å²) in [5.74, 6) is 0.222. The van der Waals surface area contributed by atoms with Crippen LogP contribution in [0.1, 0.15) is 54.5 Å². The number of nitrogens with zero attached hydrogens (tertiary/aromatic N) is 2. The lowest BCUT2D eigenvalue weighted by Crippen LogP contribution is -2.08. The Morgan fingerprint density at radius 2 is 1.39 bits per heavy atom. The third kappa shape index (κ3) is 3.82. The van der Waals surface area contributed by atoms with Gasteiger partial charge in [-0.2, -0.15) is 10.2 Å². The predicted octanol–water partition coefficient (Wildman–Crippen LogP) is 7.12. The molecule has 0 heterocycles. The smallest absolute Gasteiger partial charge is 0.0852 e. The van der Waals surface area contributed by atoms with Crippen molar-refractivity contribution < 1.29 is 0 Å². The van der Waals surface area contributed by atoms with Crippen molar-refractivity contribution in [3.05, 3.63) is 107 Å². The van der Waals surface area contributed by atoms with Crippen LogP contribution in [0.5, 0.6) is 0 Å². The Morgan fingerprint density at radius 3 is 2.14 bits per heavy atom. The van der Waals surface area contributed by atoms with Gasteiger partial charge in [0.05, 0.1) is 12.1 Å². The van der Waals surface area contributed by atoms with Crippen molar-refractivity contribution in [1.82, 2.24) is 0 Å². The molecule has 0 aliphatic heterocycles. The molecule has 0 radical (unpaired) electrons. The normalized spacial score (nSPS) is 16.2. The molecule has 1 unspecified atom stereocenters. The highest BCUT2D eigenvalue weighted by Gasteiger charge is 2.28. The molecular formula is C26H26N2. The van der Waals surface area contributed by atoms with Crippen molar-refractivity contribution in [2.45, 2.75) is 38.8 Å². The summed E-state index contributed by atoms with van der Waals surface area (Å²) in [5.41, 5.74) is 7.69. The molecule has 3 aromatic carbocycles. The zero-order valence-electron chi connectivity index (χ0n) is 16.8. The molecule has 0 saturated carbocycles. The van der Waals surface area contributed by atoms with Gasteiger partial charge < -0.3 is 0 Å². The van der Waals surface area contributed by atoms with Gasteiger partial charge in [-0.1, -0.05) is 78.9 Å². The van der Waals surface area contributed by atoms with E-state index in [0.29, 0.717) is 6.54 Å². The summed E-state index contributed by atoms with van der Waals surface area (Å²) >= 11 is 0. The largest absolute Gasteiger partial charge is 0.189 e. The zero-order valence-corrected chi connectivity index (χ0v) is 16.8. The number of hydrogen-bond acceptors (Lipinski definition) is 2. The highest BCUT2D eigenvalue weighted by molar-refractivity contribution is 5.93. The van der Waals surface area contributed by atoms with Crippen molar-refractivity contribution in [2.75, 3.05) is 0 Å². The summed E-state index contributed by atoms with van der Waals surface area (Å²) < 4.78 is 0. The summed E-state index contributed by atoms with van der Waals surface area (Å²) in [6.07, 6.45) is 2.34. The average molecular weight is 367 g/mol. The van der Waals surface area contributed by atoms with Crippen molar-refractivity contribution in [3.63, 3.8) is 0 Å². The van der Waals surface area contributed by atoms with Crippen LogP contribution in [-0.4, -0.2) is 5.54 Å². The minimum absolute atomic E-state index is 0.149. The molecule has 3 aromatic rings. The van der Waals surface area contributed by atoms with Crippen LogP contribution in [0.25, 0.3) is 11.6 Å². The van der Waals surface area contributed by atoms with E-state index >= 15 is 0 Å². The average Bonchev–Trinajstić information content (AvgIpc) is 3.07. The van der Waals surface area contributed by atoms with Crippen molar-refractivity contribution in [3.8, 4) is 0 Å². The number of azo groups is 1. The standard InChI is InChI=1S/C26H26N2/c1-26(2,3)28-27-18-21-14-8-10-16-23(21)25-22-15-9-7-13-20(22)17-24(25)19-11-5-4-6-12-19/h4-17,25H,18H2,1-3H3. The molecule has 0 bridgehead atoms. The Balaban J connectivity index is 1.79. The molecule has 2 nitrogen and oxygen atoms in total. The van der Waals surface area contributed by atoms with Crippen molar-refractivity contribution >= 4 is 11.6 Å². The third-order valence-electron chi connectivity index (χ3n) is 5.01. The first kappa shape index (κ1) is 18.4. The van der Waals surface area contributed by atoms with Crippen LogP contribution in [-0.2, 0) is 6.54 Å². The number of fused-ring (bicyclic) bond motifs is 1. The Morgan fingerprint density at radius 1 is 0.750 bits per heavy atom. The molecule has 0 amide bonds. The molecular weight excluding hydrogens is 340 g/mol. The van der Waals surface area contributed by atoms with Gasteiger partial charge in [0.25, 0.3) is 0 Å². The monoisotopic (exact) mass is 366 g/mol. The fourth-order valence-corrected chi connectivity index (χ4v) is 3.82. The molecule has 0 fully saturated rings. The van der Waals surface area contributed by atoms with E-state index in [1.807, 2.05) is 0 Å². The van der Waals surface area contributed by atoms with Gasteiger partial charge in [0, 0.05) is 5.92 Å². The van der Waals surface area contributed by atoms with E-state index in [1.54, 1.807) is 0 Å². The van der Waals surface area contributed by atoms with Gasteiger partial charge in [0.15, 0.2) is 0 Å². The van der Waals surface area contributed by atoms with Crippen molar-refractivity contribution in [2.24, 2.45) is 10.2 Å². The molecule has 0 spiro atoms. The predicted molar refractivity (Wildman–Crippen MR) is 117 cm³/mol. The van der Waals surface area contributed by atoms with E-state index < -0.39 is 0 Å². The minimum atomic E-state index is -0.149. The first-order valence-corrected chi connectivity index (χ1v) is 9.85. The van der Waals surface area contributed by atoms with Crippen LogP contribution in [0.4, 0.5) is 0 Å². The Bertz CT molecular complexity index is 1020. The maximum Gasteiger partial charge on any atom is 0.0852 e. The molecule has 2 heteroatoms. The van der Waals surface area contributed by atoms with Crippen LogP contribution in [0.2, 0.25) is 0 Å². The highest BCUT2D eigenvalue weighted by Crippen LogP contribution is 2.46. The van der Waals surface area contributed by atoms with Crippen molar-refractivity contribution in [1.29, 1.82) is 0 Å². The van der Waals surface area contributed by atoms with E-state index in [9.17, 15) is 0 Å². The molecule has 140 valence electrons. The molecule has 0 aromatic heterocycles. The number of rotatable bonds is 4. The zero-order chi connectivity index (χ0) is 19.6. The molecule has 1 atom stereocenters. The topological polar surface area (TPSA) is 24.7 Å². The molecule has 0 N–H and O–H groups in total. The second kappa shape index (κ2) is 7.55. The molecule has 1 aliphatic carbocycles. The first-order chi connectivity index (χ1) is 13.5. The lowest BCUT2D eigenvalue weighted by molar-refractivity contribution is 0.537. The van der Waals surface area contributed by atoms with E-state index in [4.69, 9.17) is 0 Å². The van der Waals surface area contributed by atoms with Gasteiger partial charge in [-0.15, -0.1) is 0 Å². The summed E-state index contributed by atoms with van der Waals surface area (Å²) in [5, 5.41) is 8.96. The van der Waals surface area contributed by atoms with E-state index in [1.165, 1.54) is 33.4 Å². The number of hydrogen-bond donors (Lipinski definition) is 0. The van der Waals surface area contributed by atoms with Crippen LogP contribution >= 0.6 is 0 Å².